The zero-order valence-electron chi connectivity index (χ0n) is 19.7. The molecule has 0 amide bonds. The van der Waals surface area contributed by atoms with Crippen molar-refractivity contribution in [3.63, 3.8) is 0 Å². The van der Waals surface area contributed by atoms with Gasteiger partial charge in [0.05, 0.1) is 30.4 Å². The molecule has 5 atom stereocenters. The van der Waals surface area contributed by atoms with E-state index in [4.69, 9.17) is 9.56 Å². The van der Waals surface area contributed by atoms with Gasteiger partial charge in [0.1, 0.15) is 24.1 Å². The minimum Gasteiger partial charge on any atom is -0.454 e. The van der Waals surface area contributed by atoms with Gasteiger partial charge in [-0.1, -0.05) is 0 Å². The van der Waals surface area contributed by atoms with Gasteiger partial charge in [-0.2, -0.15) is 21.6 Å². The third-order valence-corrected chi connectivity index (χ3v) is 6.68. The third kappa shape index (κ3) is 6.03. The van der Waals surface area contributed by atoms with Crippen LogP contribution in [-0.4, -0.2) is 58.8 Å². The highest BCUT2D eigenvalue weighted by Gasteiger charge is 2.44. The van der Waals surface area contributed by atoms with Crippen LogP contribution in [0.5, 0.6) is 0 Å². The van der Waals surface area contributed by atoms with Gasteiger partial charge in [0.25, 0.3) is 0 Å². The Morgan fingerprint density at radius 1 is 1.37 bits per heavy atom. The second kappa shape index (κ2) is 10.4. The molecule has 11 nitrogen and oxygen atoms in total. The minimum absolute atomic E-state index is 0.0267. The van der Waals surface area contributed by atoms with Crippen LogP contribution in [0.3, 0.4) is 0 Å². The van der Waals surface area contributed by atoms with Gasteiger partial charge in [0.2, 0.25) is 5.76 Å². The molecule has 16 heteroatoms. The molecule has 0 bridgehead atoms. The van der Waals surface area contributed by atoms with E-state index in [0.717, 1.165) is 12.4 Å². The summed E-state index contributed by atoms with van der Waals surface area (Å²) in [5.74, 6) is -2.58. The number of anilines is 1. The second-order valence-corrected chi connectivity index (χ2v) is 10.0. The molecule has 0 spiro atoms. The molecule has 3 heterocycles. The summed E-state index contributed by atoms with van der Waals surface area (Å²) in [6.45, 7) is 1.06. The number of alkyl halides is 4. The lowest BCUT2D eigenvalue weighted by Crippen LogP contribution is -2.33. The van der Waals surface area contributed by atoms with Crippen LogP contribution in [0, 0.1) is 5.92 Å². The van der Waals surface area contributed by atoms with Crippen molar-refractivity contribution >= 4 is 21.9 Å². The summed E-state index contributed by atoms with van der Waals surface area (Å²) in [5, 5.41) is 17.7. The lowest BCUT2D eigenvalue weighted by molar-refractivity contribution is -0.153. The van der Waals surface area contributed by atoms with Crippen molar-refractivity contribution in [1.29, 1.82) is 0 Å². The number of aliphatic hydroxyl groups is 1. The zero-order valence-corrected chi connectivity index (χ0v) is 20.5. The normalized spacial score (nSPS) is 22.9. The molecule has 1 fully saturated rings. The van der Waals surface area contributed by atoms with Crippen LogP contribution in [0.2, 0.25) is 0 Å². The molecule has 3 aromatic heterocycles. The molecule has 38 heavy (non-hydrogen) atoms. The van der Waals surface area contributed by atoms with Gasteiger partial charge in [-0.15, -0.1) is 0 Å². The monoisotopic (exact) mass is 561 g/mol. The highest BCUT2D eigenvalue weighted by molar-refractivity contribution is 7.84. The molecule has 0 aromatic carbocycles. The van der Waals surface area contributed by atoms with E-state index in [1.54, 1.807) is 6.92 Å². The van der Waals surface area contributed by atoms with E-state index in [0.29, 0.717) is 0 Å². The first-order chi connectivity index (χ1) is 17.7. The molecule has 0 saturated heterocycles. The van der Waals surface area contributed by atoms with Crippen LogP contribution in [0.25, 0.3) is 0 Å². The molecular formula is C22H23F4N5O6S. The number of aromatic nitrogens is 3. The Bertz CT molecular complexity index is 1410. The smallest absolute Gasteiger partial charge is 0.449 e. The summed E-state index contributed by atoms with van der Waals surface area (Å²) in [4.78, 5) is 21.1. The molecule has 1 aliphatic rings. The maximum Gasteiger partial charge on any atom is 0.449 e. The van der Waals surface area contributed by atoms with Gasteiger partial charge in [0, 0.05) is 30.1 Å². The maximum absolute atomic E-state index is 14.8. The highest BCUT2D eigenvalue weighted by atomic mass is 32.2. The first kappa shape index (κ1) is 27.7. The average molecular weight is 562 g/mol. The maximum atomic E-state index is 14.8. The fourth-order valence-corrected chi connectivity index (χ4v) is 4.55. The average Bonchev–Trinajstić information content (AvgIpc) is 3.59. The zero-order chi connectivity index (χ0) is 27.8. The third-order valence-electron chi connectivity index (χ3n) is 6.22. The molecule has 4 rings (SSSR count). The molecule has 0 aliphatic heterocycles. The summed E-state index contributed by atoms with van der Waals surface area (Å²) < 4.78 is 86.3. The number of rotatable bonds is 9. The van der Waals surface area contributed by atoms with Crippen molar-refractivity contribution < 1.29 is 44.5 Å². The number of ketones is 1. The van der Waals surface area contributed by atoms with Gasteiger partial charge in [-0.3, -0.25) is 8.98 Å². The van der Waals surface area contributed by atoms with E-state index in [-0.39, 0.29) is 29.1 Å². The summed E-state index contributed by atoms with van der Waals surface area (Å²) in [6.07, 6.45) is -2.82. The van der Waals surface area contributed by atoms with E-state index < -0.39 is 64.9 Å². The van der Waals surface area contributed by atoms with E-state index in [1.165, 1.54) is 35.3 Å². The Balaban J connectivity index is 1.49. The van der Waals surface area contributed by atoms with Crippen LogP contribution in [-0.2, 0) is 20.7 Å². The molecule has 0 unspecified atom stereocenters. The van der Waals surface area contributed by atoms with Crippen molar-refractivity contribution in [2.24, 2.45) is 11.1 Å². The number of nitrogens with one attached hydrogen (secondary N) is 1. The summed E-state index contributed by atoms with van der Waals surface area (Å²) in [5.41, 5.74) is 0.126. The van der Waals surface area contributed by atoms with Crippen molar-refractivity contribution in [2.75, 3.05) is 11.9 Å². The predicted molar refractivity (Wildman–Crippen MR) is 123 cm³/mol. The Hall–Kier alpha value is -3.34. The van der Waals surface area contributed by atoms with Gasteiger partial charge >= 0.3 is 16.5 Å². The number of hydrogen-bond acceptors (Lipinski definition) is 9. The number of hydrogen-bond donors (Lipinski definition) is 3. The number of halogens is 4. The van der Waals surface area contributed by atoms with Crippen LogP contribution < -0.4 is 10.5 Å². The first-order valence-corrected chi connectivity index (χ1v) is 12.7. The fraction of sp³-hybridized carbons (Fsp3) is 0.409. The SMILES string of the molecule is C[C@@H](c1ccc(C(F)(F)F)o1)n1ccc(C(=O)c2cncnc2N[C@@H]2C[C@H](COS(N)(=O)=O)[C@@H](O)[C@@H]2F)c1. The first-order valence-electron chi connectivity index (χ1n) is 11.2. The summed E-state index contributed by atoms with van der Waals surface area (Å²) in [7, 11) is -4.28. The van der Waals surface area contributed by atoms with Crippen molar-refractivity contribution in [1.82, 2.24) is 14.5 Å². The van der Waals surface area contributed by atoms with Gasteiger partial charge < -0.3 is 19.4 Å². The Morgan fingerprint density at radius 3 is 2.76 bits per heavy atom. The van der Waals surface area contributed by atoms with Crippen LogP contribution in [0.1, 0.15) is 46.8 Å². The van der Waals surface area contributed by atoms with Crippen LogP contribution >= 0.6 is 0 Å². The number of aliphatic hydroxyl groups excluding tert-OH is 1. The Labute approximate surface area is 213 Å². The van der Waals surface area contributed by atoms with Gasteiger partial charge in [-0.05, 0) is 31.5 Å². The van der Waals surface area contributed by atoms with E-state index in [2.05, 4.69) is 19.5 Å². The molecule has 0 radical (unpaired) electrons. The van der Waals surface area contributed by atoms with Crippen molar-refractivity contribution in [2.45, 2.75) is 43.9 Å². The quantitative estimate of drug-likeness (QED) is 0.263. The standard InChI is InChI=1S/C22H23F4N5O6S/c1-11(16-2-3-17(37-16)22(24,25)26)31-5-4-12(8-31)19(32)14-7-28-10-29-21(14)30-15-6-13(20(33)18(15)23)9-36-38(27,34)35/h2-5,7-8,10-11,13,15,18,20,33H,6,9H2,1H3,(H2,27,34,35)(H,28,29,30)/t11-,13+,15+,18+,20+/m0/s1. The molecule has 4 N–H and O–H groups in total. The number of carbonyl (C=O) groups excluding carboxylic acids is 1. The molecule has 206 valence electrons. The summed E-state index contributed by atoms with van der Waals surface area (Å²) >= 11 is 0. The van der Waals surface area contributed by atoms with Crippen molar-refractivity contribution in [3.05, 3.63) is 65.8 Å². The number of nitrogens with two attached hydrogens (primary N) is 1. The minimum atomic E-state index is -4.63. The van der Waals surface area contributed by atoms with E-state index in [9.17, 15) is 35.9 Å². The van der Waals surface area contributed by atoms with Crippen LogP contribution in [0.4, 0.5) is 23.4 Å². The number of nitrogens with zero attached hydrogens (tertiary/aromatic N) is 3. The number of furan rings is 1. The summed E-state index contributed by atoms with van der Waals surface area (Å²) in [6, 6.07) is 1.77. The predicted octanol–water partition coefficient (Wildman–Crippen LogP) is 2.45. The topological polar surface area (TPSA) is 163 Å². The van der Waals surface area contributed by atoms with E-state index in [1.807, 2.05) is 0 Å². The highest BCUT2D eigenvalue weighted by Crippen LogP contribution is 2.34. The molecule has 1 aliphatic carbocycles. The second-order valence-electron chi connectivity index (χ2n) is 8.80. The van der Waals surface area contributed by atoms with Gasteiger partial charge in [0.15, 0.2) is 5.78 Å². The fourth-order valence-electron chi connectivity index (χ4n) is 4.19. The molecular weight excluding hydrogens is 538 g/mol. The van der Waals surface area contributed by atoms with Gasteiger partial charge in [-0.25, -0.2) is 19.5 Å². The van der Waals surface area contributed by atoms with Crippen LogP contribution in [0.15, 0.2) is 47.5 Å². The lowest BCUT2D eigenvalue weighted by atomic mass is 10.1. The number of carbonyl (C=O) groups is 1. The Morgan fingerprint density at radius 2 is 2.11 bits per heavy atom. The van der Waals surface area contributed by atoms with Crippen molar-refractivity contribution in [3.8, 4) is 0 Å². The van der Waals surface area contributed by atoms with E-state index >= 15 is 0 Å². The Kier molecular flexibility index (Phi) is 7.60. The lowest BCUT2D eigenvalue weighted by Gasteiger charge is -2.18. The molecule has 3 aromatic rings. The molecule has 1 saturated carbocycles. The largest absolute Gasteiger partial charge is 0.454 e.